The Kier molecular flexibility index (Phi) is 5.99. The first-order chi connectivity index (χ1) is 15.0. The summed E-state index contributed by atoms with van der Waals surface area (Å²) in [6.07, 6.45) is 5.63. The molecule has 2 N–H and O–H groups in total. The highest BCUT2D eigenvalue weighted by molar-refractivity contribution is 6.05. The number of carbonyl (C=O) groups is 1. The van der Waals surface area contributed by atoms with Gasteiger partial charge in [0.1, 0.15) is 11.9 Å². The van der Waals surface area contributed by atoms with Gasteiger partial charge in [-0.3, -0.25) is 9.59 Å². The lowest BCUT2D eigenvalue weighted by atomic mass is 9.99. The van der Waals surface area contributed by atoms with Gasteiger partial charge in [-0.05, 0) is 69.0 Å². The van der Waals surface area contributed by atoms with Crippen molar-refractivity contribution in [2.75, 3.05) is 18.4 Å². The highest BCUT2D eigenvalue weighted by atomic mass is 16.2. The molecule has 2 aromatic heterocycles. The molecule has 3 aromatic rings. The molecule has 31 heavy (non-hydrogen) atoms. The van der Waals surface area contributed by atoms with E-state index < -0.39 is 5.91 Å². The number of piperidine rings is 1. The predicted octanol–water partition coefficient (Wildman–Crippen LogP) is 2.51. The van der Waals surface area contributed by atoms with Gasteiger partial charge in [0.15, 0.2) is 5.82 Å². The first-order valence-corrected chi connectivity index (χ1v) is 10.6. The summed E-state index contributed by atoms with van der Waals surface area (Å²) in [4.78, 5) is 26.3. The highest BCUT2D eigenvalue weighted by Gasteiger charge is 2.20. The number of amides is 1. The lowest BCUT2D eigenvalue weighted by Crippen LogP contribution is -2.36. The number of pyridine rings is 1. The monoisotopic (exact) mass is 420 g/mol. The van der Waals surface area contributed by atoms with Crippen LogP contribution in [0.2, 0.25) is 0 Å². The number of aryl methyl sites for hydroxylation is 2. The Hall–Kier alpha value is -3.26. The Morgan fingerprint density at radius 1 is 1.29 bits per heavy atom. The van der Waals surface area contributed by atoms with E-state index in [0.29, 0.717) is 29.5 Å². The Labute approximate surface area is 181 Å². The van der Waals surface area contributed by atoms with Crippen LogP contribution in [0.3, 0.4) is 0 Å². The molecule has 1 atom stereocenters. The summed E-state index contributed by atoms with van der Waals surface area (Å²) in [5.74, 6) is 0.722. The maximum absolute atomic E-state index is 13.1. The lowest BCUT2D eigenvalue weighted by Gasteiger charge is -2.23. The fourth-order valence-electron chi connectivity index (χ4n) is 4.17. The van der Waals surface area contributed by atoms with Gasteiger partial charge in [-0.1, -0.05) is 12.1 Å². The number of nitrogens with one attached hydrogen (secondary N) is 2. The summed E-state index contributed by atoms with van der Waals surface area (Å²) in [5, 5.41) is 14.4. The number of aromatic nitrogens is 4. The van der Waals surface area contributed by atoms with Gasteiger partial charge in [-0.15, -0.1) is 10.2 Å². The van der Waals surface area contributed by atoms with Crippen molar-refractivity contribution in [3.63, 3.8) is 0 Å². The molecular weight excluding hydrogens is 392 g/mol. The molecule has 1 aliphatic heterocycles. The Morgan fingerprint density at radius 3 is 2.84 bits per heavy atom. The van der Waals surface area contributed by atoms with E-state index in [0.717, 1.165) is 37.1 Å². The van der Waals surface area contributed by atoms with E-state index in [2.05, 4.69) is 20.8 Å². The van der Waals surface area contributed by atoms with Crippen molar-refractivity contribution in [1.82, 2.24) is 24.6 Å². The molecule has 3 heterocycles. The number of hydrogen-bond donors (Lipinski definition) is 2. The molecule has 0 saturated carbocycles. The van der Waals surface area contributed by atoms with E-state index in [1.165, 1.54) is 0 Å². The van der Waals surface area contributed by atoms with Crippen molar-refractivity contribution in [1.29, 1.82) is 0 Å². The minimum atomic E-state index is -0.392. The zero-order valence-electron chi connectivity index (χ0n) is 18.2. The SMILES string of the molecule is Cc1ccn(CC2CCCNC2)c(=O)c1C(=O)Nc1cccc(-c2nncn2C)c1C. The fourth-order valence-corrected chi connectivity index (χ4v) is 4.17. The van der Waals surface area contributed by atoms with Gasteiger partial charge >= 0.3 is 0 Å². The van der Waals surface area contributed by atoms with Crippen LogP contribution in [0.15, 0.2) is 41.6 Å². The standard InChI is InChI=1S/C23H28N6O2/c1-15-9-11-29(13-17-6-5-10-24-12-17)23(31)20(15)22(30)26-19-8-4-7-18(16(19)2)21-27-25-14-28(21)3/h4,7-9,11,14,17,24H,5-6,10,12-13H2,1-3H3,(H,26,30). The molecule has 1 aromatic carbocycles. The molecule has 0 aliphatic carbocycles. The van der Waals surface area contributed by atoms with Crippen LogP contribution < -0.4 is 16.2 Å². The summed E-state index contributed by atoms with van der Waals surface area (Å²) in [7, 11) is 1.87. The van der Waals surface area contributed by atoms with Crippen molar-refractivity contribution in [2.45, 2.75) is 33.2 Å². The third-order valence-electron chi connectivity index (χ3n) is 5.99. The first kappa shape index (κ1) is 21.0. The highest BCUT2D eigenvalue weighted by Crippen LogP contribution is 2.27. The van der Waals surface area contributed by atoms with Crippen molar-refractivity contribution < 1.29 is 4.79 Å². The number of hydrogen-bond acceptors (Lipinski definition) is 5. The van der Waals surface area contributed by atoms with Crippen molar-refractivity contribution in [2.24, 2.45) is 13.0 Å². The van der Waals surface area contributed by atoms with Gasteiger partial charge in [0.25, 0.3) is 11.5 Å². The lowest BCUT2D eigenvalue weighted by molar-refractivity contribution is 0.102. The average molecular weight is 421 g/mol. The van der Waals surface area contributed by atoms with Gasteiger partial charge in [0.05, 0.1) is 0 Å². The molecule has 1 amide bonds. The summed E-state index contributed by atoms with van der Waals surface area (Å²) in [6.45, 7) is 6.26. The third-order valence-corrected chi connectivity index (χ3v) is 5.99. The maximum Gasteiger partial charge on any atom is 0.263 e. The smallest absolute Gasteiger partial charge is 0.263 e. The van der Waals surface area contributed by atoms with Crippen LogP contribution >= 0.6 is 0 Å². The molecule has 8 nitrogen and oxygen atoms in total. The molecule has 8 heteroatoms. The second-order valence-corrected chi connectivity index (χ2v) is 8.24. The minimum absolute atomic E-state index is 0.190. The van der Waals surface area contributed by atoms with E-state index in [4.69, 9.17) is 0 Å². The van der Waals surface area contributed by atoms with Crippen LogP contribution in [-0.4, -0.2) is 38.3 Å². The molecule has 1 saturated heterocycles. The van der Waals surface area contributed by atoms with Gasteiger partial charge < -0.3 is 19.8 Å². The van der Waals surface area contributed by atoms with E-state index in [1.807, 2.05) is 42.8 Å². The van der Waals surface area contributed by atoms with Crippen LogP contribution in [0.4, 0.5) is 5.69 Å². The minimum Gasteiger partial charge on any atom is -0.322 e. The van der Waals surface area contributed by atoms with E-state index in [-0.39, 0.29) is 11.1 Å². The second-order valence-electron chi connectivity index (χ2n) is 8.24. The molecule has 162 valence electrons. The maximum atomic E-state index is 13.1. The molecule has 0 bridgehead atoms. The van der Waals surface area contributed by atoms with Crippen LogP contribution in [-0.2, 0) is 13.6 Å². The normalized spacial score (nSPS) is 16.3. The number of nitrogens with zero attached hydrogens (tertiary/aromatic N) is 4. The Morgan fingerprint density at radius 2 is 2.13 bits per heavy atom. The fraction of sp³-hybridized carbons (Fsp3) is 0.391. The predicted molar refractivity (Wildman–Crippen MR) is 120 cm³/mol. The number of carbonyl (C=O) groups excluding carboxylic acids is 1. The second kappa shape index (κ2) is 8.85. The van der Waals surface area contributed by atoms with E-state index in [1.54, 1.807) is 24.0 Å². The molecule has 1 unspecified atom stereocenters. The topological polar surface area (TPSA) is 93.8 Å². The molecule has 1 fully saturated rings. The average Bonchev–Trinajstić information content (AvgIpc) is 3.18. The largest absolute Gasteiger partial charge is 0.322 e. The Balaban J connectivity index is 1.61. The van der Waals surface area contributed by atoms with E-state index >= 15 is 0 Å². The Bertz CT molecular complexity index is 1160. The van der Waals surface area contributed by atoms with Crippen molar-refractivity contribution >= 4 is 11.6 Å². The summed E-state index contributed by atoms with van der Waals surface area (Å²) in [5.41, 5.74) is 3.01. The number of rotatable bonds is 5. The van der Waals surface area contributed by atoms with Gasteiger partial charge in [-0.2, -0.15) is 0 Å². The number of anilines is 1. The third kappa shape index (κ3) is 4.29. The van der Waals surface area contributed by atoms with E-state index in [9.17, 15) is 9.59 Å². The molecule has 1 aliphatic rings. The molecule has 0 spiro atoms. The van der Waals surface area contributed by atoms with Crippen molar-refractivity contribution in [3.05, 3.63) is 63.8 Å². The van der Waals surface area contributed by atoms with Gasteiger partial charge in [-0.25, -0.2) is 0 Å². The summed E-state index contributed by atoms with van der Waals surface area (Å²) in [6, 6.07) is 7.47. The molecule has 4 rings (SSSR count). The zero-order valence-corrected chi connectivity index (χ0v) is 18.2. The molecular formula is C23H28N6O2. The van der Waals surface area contributed by atoms with Crippen LogP contribution in [0.1, 0.15) is 34.3 Å². The number of benzene rings is 1. The molecule has 0 radical (unpaired) electrons. The summed E-state index contributed by atoms with van der Waals surface area (Å²) >= 11 is 0. The van der Waals surface area contributed by atoms with Crippen LogP contribution in [0.25, 0.3) is 11.4 Å². The van der Waals surface area contributed by atoms with Gasteiger partial charge in [0, 0.05) is 31.0 Å². The van der Waals surface area contributed by atoms with Crippen LogP contribution in [0, 0.1) is 19.8 Å². The van der Waals surface area contributed by atoms with Gasteiger partial charge in [0.2, 0.25) is 0 Å². The first-order valence-electron chi connectivity index (χ1n) is 10.6. The zero-order chi connectivity index (χ0) is 22.0. The summed E-state index contributed by atoms with van der Waals surface area (Å²) < 4.78 is 3.50. The van der Waals surface area contributed by atoms with Crippen molar-refractivity contribution in [3.8, 4) is 11.4 Å². The quantitative estimate of drug-likeness (QED) is 0.662. The van der Waals surface area contributed by atoms with Crippen LogP contribution in [0.5, 0.6) is 0 Å².